The Hall–Kier alpha value is -2.57. The summed E-state index contributed by atoms with van der Waals surface area (Å²) >= 11 is 7.67. The van der Waals surface area contributed by atoms with Crippen molar-refractivity contribution in [3.63, 3.8) is 0 Å². The third kappa shape index (κ3) is 5.57. The summed E-state index contributed by atoms with van der Waals surface area (Å²) in [5.41, 5.74) is 3.89. The van der Waals surface area contributed by atoms with E-state index in [1.54, 1.807) is 16.7 Å². The molecule has 0 aliphatic rings. The molecular weight excluding hydrogens is 428 g/mol. The van der Waals surface area contributed by atoms with Crippen LogP contribution in [-0.2, 0) is 17.7 Å². The molecule has 0 saturated heterocycles. The standard InChI is InChI=1S/C24H27ClN4OS/c1-6-14-29-22(30)21(26-20-9-7-8-19(25)16(20)2)27-28-23(29)31-15-17-10-12-18(13-11-17)24(3,4)5/h6-13H,1,14-15H2,2-5H3,(H,26,27). The molecule has 162 valence electrons. The minimum atomic E-state index is -0.250. The van der Waals surface area contributed by atoms with Gasteiger partial charge in [-0.15, -0.1) is 16.8 Å². The second-order valence-corrected chi connectivity index (χ2v) is 9.66. The zero-order chi connectivity index (χ0) is 22.6. The van der Waals surface area contributed by atoms with Crippen molar-refractivity contribution in [1.29, 1.82) is 0 Å². The van der Waals surface area contributed by atoms with E-state index >= 15 is 0 Å². The summed E-state index contributed by atoms with van der Waals surface area (Å²) in [4.78, 5) is 13.1. The van der Waals surface area contributed by atoms with Gasteiger partial charge in [0.1, 0.15) is 0 Å². The predicted molar refractivity (Wildman–Crippen MR) is 131 cm³/mol. The average Bonchev–Trinajstić information content (AvgIpc) is 2.73. The highest BCUT2D eigenvalue weighted by atomic mass is 35.5. The van der Waals surface area contributed by atoms with E-state index in [0.717, 1.165) is 16.8 Å². The first-order valence-corrected chi connectivity index (χ1v) is 11.4. The molecule has 0 bridgehead atoms. The van der Waals surface area contributed by atoms with Crippen LogP contribution in [0.5, 0.6) is 0 Å². The second kappa shape index (κ2) is 9.71. The number of anilines is 2. The molecule has 1 aromatic heterocycles. The normalized spacial score (nSPS) is 11.4. The Labute approximate surface area is 192 Å². The van der Waals surface area contributed by atoms with Gasteiger partial charge in [0.05, 0.1) is 0 Å². The van der Waals surface area contributed by atoms with E-state index in [1.165, 1.54) is 17.3 Å². The summed E-state index contributed by atoms with van der Waals surface area (Å²) in [6.45, 7) is 12.6. The monoisotopic (exact) mass is 454 g/mol. The quantitative estimate of drug-likeness (QED) is 0.344. The molecule has 0 spiro atoms. The molecule has 0 unspecified atom stereocenters. The number of nitrogens with one attached hydrogen (secondary N) is 1. The number of benzene rings is 2. The molecular formula is C24H27ClN4OS. The van der Waals surface area contributed by atoms with Crippen LogP contribution in [0, 0.1) is 6.92 Å². The SMILES string of the molecule is C=CCn1c(SCc2ccc(C(C)(C)C)cc2)nnc(Nc2cccc(Cl)c2C)c1=O. The van der Waals surface area contributed by atoms with E-state index in [9.17, 15) is 4.79 Å². The molecule has 0 radical (unpaired) electrons. The Balaban J connectivity index is 1.83. The van der Waals surface area contributed by atoms with Gasteiger partial charge in [-0.3, -0.25) is 9.36 Å². The first-order chi connectivity index (χ1) is 14.7. The van der Waals surface area contributed by atoms with Gasteiger partial charge in [-0.2, -0.15) is 0 Å². The van der Waals surface area contributed by atoms with Gasteiger partial charge >= 0.3 is 0 Å². The number of allylic oxidation sites excluding steroid dienone is 1. The Morgan fingerprint density at radius 3 is 2.52 bits per heavy atom. The van der Waals surface area contributed by atoms with Crippen molar-refractivity contribution in [3.8, 4) is 0 Å². The smallest absolute Gasteiger partial charge is 0.297 e. The lowest BCUT2D eigenvalue weighted by molar-refractivity contribution is 0.590. The van der Waals surface area contributed by atoms with E-state index in [1.807, 2.05) is 19.1 Å². The number of hydrogen-bond donors (Lipinski definition) is 1. The molecule has 0 saturated carbocycles. The average molecular weight is 455 g/mol. The summed E-state index contributed by atoms with van der Waals surface area (Å²) in [6.07, 6.45) is 1.68. The highest BCUT2D eigenvalue weighted by molar-refractivity contribution is 7.98. The number of hydrogen-bond acceptors (Lipinski definition) is 5. The van der Waals surface area contributed by atoms with E-state index < -0.39 is 0 Å². The largest absolute Gasteiger partial charge is 0.334 e. The van der Waals surface area contributed by atoms with Crippen LogP contribution in [0.2, 0.25) is 5.02 Å². The van der Waals surface area contributed by atoms with Gasteiger partial charge in [0, 0.05) is 23.0 Å². The van der Waals surface area contributed by atoms with Crippen molar-refractivity contribution >= 4 is 34.9 Å². The molecule has 5 nitrogen and oxygen atoms in total. The minimum Gasteiger partial charge on any atom is -0.334 e. The Kier molecular flexibility index (Phi) is 7.23. The summed E-state index contributed by atoms with van der Waals surface area (Å²) in [5, 5.41) is 12.7. The van der Waals surface area contributed by atoms with Gasteiger partial charge < -0.3 is 5.32 Å². The second-order valence-electron chi connectivity index (χ2n) is 8.31. The maximum absolute atomic E-state index is 13.1. The van der Waals surface area contributed by atoms with Crippen molar-refractivity contribution in [2.45, 2.75) is 50.6 Å². The molecule has 0 amide bonds. The maximum atomic E-state index is 13.1. The van der Waals surface area contributed by atoms with Crippen molar-refractivity contribution < 1.29 is 0 Å². The Morgan fingerprint density at radius 2 is 1.87 bits per heavy atom. The third-order valence-electron chi connectivity index (χ3n) is 4.93. The zero-order valence-corrected chi connectivity index (χ0v) is 19.8. The van der Waals surface area contributed by atoms with Crippen LogP contribution < -0.4 is 10.9 Å². The number of thioether (sulfide) groups is 1. The molecule has 2 aromatic carbocycles. The van der Waals surface area contributed by atoms with Gasteiger partial charge in [0.2, 0.25) is 5.82 Å². The molecule has 3 aromatic rings. The molecule has 1 N–H and O–H groups in total. The number of rotatable bonds is 7. The van der Waals surface area contributed by atoms with Gasteiger partial charge in [-0.25, -0.2) is 0 Å². The van der Waals surface area contributed by atoms with Gasteiger partial charge in [-0.05, 0) is 41.2 Å². The van der Waals surface area contributed by atoms with E-state index in [0.29, 0.717) is 22.5 Å². The first-order valence-electron chi connectivity index (χ1n) is 10.0. The first kappa shape index (κ1) is 23.1. The zero-order valence-electron chi connectivity index (χ0n) is 18.3. The summed E-state index contributed by atoms with van der Waals surface area (Å²) in [5.74, 6) is 0.849. The highest BCUT2D eigenvalue weighted by Gasteiger charge is 2.15. The molecule has 0 aliphatic heterocycles. The fourth-order valence-electron chi connectivity index (χ4n) is 3.00. The lowest BCUT2D eigenvalue weighted by atomic mass is 9.87. The van der Waals surface area contributed by atoms with Crippen LogP contribution in [0.1, 0.15) is 37.5 Å². The summed E-state index contributed by atoms with van der Waals surface area (Å²) < 4.78 is 1.58. The molecule has 0 atom stereocenters. The predicted octanol–water partition coefficient (Wildman–Crippen LogP) is 6.12. The molecule has 0 aliphatic carbocycles. The van der Waals surface area contributed by atoms with E-state index in [4.69, 9.17) is 11.6 Å². The maximum Gasteiger partial charge on any atom is 0.297 e. The van der Waals surface area contributed by atoms with Crippen molar-refractivity contribution in [2.24, 2.45) is 0 Å². The third-order valence-corrected chi connectivity index (χ3v) is 6.38. The lowest BCUT2D eigenvalue weighted by Crippen LogP contribution is -2.26. The lowest BCUT2D eigenvalue weighted by Gasteiger charge is -2.19. The van der Waals surface area contributed by atoms with Crippen LogP contribution in [0.4, 0.5) is 11.5 Å². The summed E-state index contributed by atoms with van der Waals surface area (Å²) in [6, 6.07) is 14.0. The van der Waals surface area contributed by atoms with E-state index in [2.05, 4.69) is 67.1 Å². The minimum absolute atomic E-state index is 0.117. The van der Waals surface area contributed by atoms with Crippen LogP contribution in [-0.4, -0.2) is 14.8 Å². The van der Waals surface area contributed by atoms with Gasteiger partial charge in [0.25, 0.3) is 5.56 Å². The molecule has 7 heteroatoms. The number of aromatic nitrogens is 3. The Bertz CT molecular complexity index is 1130. The van der Waals surface area contributed by atoms with Crippen molar-refractivity contribution in [1.82, 2.24) is 14.8 Å². The fourth-order valence-corrected chi connectivity index (χ4v) is 4.07. The molecule has 31 heavy (non-hydrogen) atoms. The van der Waals surface area contributed by atoms with Crippen LogP contribution >= 0.6 is 23.4 Å². The fraction of sp³-hybridized carbons (Fsp3) is 0.292. The Morgan fingerprint density at radius 1 is 1.16 bits per heavy atom. The topological polar surface area (TPSA) is 59.8 Å². The van der Waals surface area contributed by atoms with Crippen LogP contribution in [0.25, 0.3) is 0 Å². The summed E-state index contributed by atoms with van der Waals surface area (Å²) in [7, 11) is 0. The number of halogens is 1. The van der Waals surface area contributed by atoms with Crippen molar-refractivity contribution in [2.75, 3.05) is 5.32 Å². The molecule has 1 heterocycles. The van der Waals surface area contributed by atoms with Crippen LogP contribution in [0.15, 0.2) is 65.1 Å². The van der Waals surface area contributed by atoms with Crippen LogP contribution in [0.3, 0.4) is 0 Å². The van der Waals surface area contributed by atoms with Gasteiger partial charge in [0.15, 0.2) is 5.16 Å². The highest BCUT2D eigenvalue weighted by Crippen LogP contribution is 2.26. The number of nitrogens with zero attached hydrogens (tertiary/aromatic N) is 3. The molecule has 0 fully saturated rings. The molecule has 3 rings (SSSR count). The van der Waals surface area contributed by atoms with Gasteiger partial charge in [-0.1, -0.05) is 80.5 Å². The van der Waals surface area contributed by atoms with Crippen molar-refractivity contribution in [3.05, 3.63) is 87.2 Å². The van der Waals surface area contributed by atoms with E-state index in [-0.39, 0.29) is 16.8 Å².